The van der Waals surface area contributed by atoms with E-state index in [4.69, 9.17) is 0 Å². The Morgan fingerprint density at radius 3 is 2.62 bits per heavy atom. The van der Waals surface area contributed by atoms with E-state index in [1.165, 1.54) is 18.4 Å². The number of ketones is 1. The number of rotatable bonds is 7. The normalized spacial score (nSPS) is 10.8. The molecule has 0 fully saturated rings. The smallest absolute Gasteiger partial charge is 0.184 e. The van der Waals surface area contributed by atoms with Gasteiger partial charge >= 0.3 is 0 Å². The van der Waals surface area contributed by atoms with Crippen LogP contribution >= 0.6 is 0 Å². The molecule has 1 aromatic carbocycles. The summed E-state index contributed by atoms with van der Waals surface area (Å²) in [5.74, 6) is 0.0924. The molecule has 2 aromatic rings. The van der Waals surface area contributed by atoms with Crippen molar-refractivity contribution >= 4 is 5.78 Å². The third kappa shape index (κ3) is 4.03. The van der Waals surface area contributed by atoms with E-state index >= 15 is 0 Å². The van der Waals surface area contributed by atoms with Gasteiger partial charge in [0.05, 0.1) is 5.69 Å². The number of carbonyl (C=O) groups excluding carboxylic acids is 1. The molecule has 0 unspecified atom stereocenters. The molecule has 0 N–H and O–H groups in total. The average Bonchev–Trinajstić information content (AvgIpc) is 2.85. The fourth-order valence-corrected chi connectivity index (χ4v) is 2.40. The Bertz CT molecular complexity index is 596. The molecule has 111 valence electrons. The number of unbranched alkanes of at least 4 members (excludes halogenated alkanes) is 1. The lowest BCUT2D eigenvalue weighted by atomic mass is 10.0. The fraction of sp³-hybridized carbons (Fsp3) is 0.389. The van der Waals surface area contributed by atoms with Crippen LogP contribution in [0, 0.1) is 13.8 Å². The Hall–Kier alpha value is -1.90. The Balaban J connectivity index is 2.06. The second-order valence-electron chi connectivity index (χ2n) is 5.41. The second-order valence-corrected chi connectivity index (χ2v) is 5.41. The van der Waals surface area contributed by atoms with E-state index in [1.54, 1.807) is 4.68 Å². The average molecular weight is 283 g/mol. The van der Waals surface area contributed by atoms with Crippen LogP contribution in [0.25, 0.3) is 0 Å². The van der Waals surface area contributed by atoms with Gasteiger partial charge in [0.25, 0.3) is 0 Å². The molecule has 0 aliphatic heterocycles. The van der Waals surface area contributed by atoms with Crippen molar-refractivity contribution in [2.45, 2.75) is 46.1 Å². The zero-order valence-corrected chi connectivity index (χ0v) is 12.9. The van der Waals surface area contributed by atoms with Crippen LogP contribution in [0.15, 0.2) is 30.3 Å². The summed E-state index contributed by atoms with van der Waals surface area (Å²) in [5.41, 5.74) is 3.97. The van der Waals surface area contributed by atoms with Gasteiger partial charge in [-0.1, -0.05) is 37.6 Å². The summed E-state index contributed by atoms with van der Waals surface area (Å²) in [5, 5.41) is 4.36. The molecule has 0 saturated carbocycles. The number of hydrogen-bond acceptors (Lipinski definition) is 2. The summed E-state index contributed by atoms with van der Waals surface area (Å²) in [6.07, 6.45) is 4.10. The van der Waals surface area contributed by atoms with Crippen molar-refractivity contribution in [1.29, 1.82) is 0 Å². The Labute approximate surface area is 127 Å². The molecule has 0 amide bonds. The molecular weight excluding hydrogens is 260 g/mol. The molecule has 0 aliphatic carbocycles. The van der Waals surface area contributed by atoms with Crippen LogP contribution in [-0.2, 0) is 19.4 Å². The number of Topliss-reactive ketones (excluding diaryl/α,β-unsaturated/α-hetero) is 1. The number of aromatic nitrogens is 2. The molecule has 3 heteroatoms. The van der Waals surface area contributed by atoms with Crippen molar-refractivity contribution in [2.75, 3.05) is 0 Å². The third-order valence-electron chi connectivity index (χ3n) is 3.63. The lowest BCUT2D eigenvalue weighted by Crippen LogP contribution is -2.14. The van der Waals surface area contributed by atoms with Gasteiger partial charge in [-0.2, -0.15) is 5.10 Å². The van der Waals surface area contributed by atoms with Crippen LogP contribution in [-0.4, -0.2) is 15.6 Å². The van der Waals surface area contributed by atoms with Gasteiger partial charge in [0.2, 0.25) is 0 Å². The summed E-state index contributed by atoms with van der Waals surface area (Å²) >= 11 is 0. The Morgan fingerprint density at radius 2 is 2.00 bits per heavy atom. The molecule has 3 nitrogen and oxygen atoms in total. The quantitative estimate of drug-likeness (QED) is 0.725. The van der Waals surface area contributed by atoms with E-state index in [1.807, 2.05) is 25.1 Å². The van der Waals surface area contributed by atoms with E-state index in [2.05, 4.69) is 31.1 Å². The predicted octanol–water partition coefficient (Wildman–Crippen LogP) is 3.79. The molecule has 21 heavy (non-hydrogen) atoms. The maximum Gasteiger partial charge on any atom is 0.184 e. The molecule has 0 aliphatic rings. The summed E-state index contributed by atoms with van der Waals surface area (Å²) in [4.78, 5) is 12.3. The number of hydrogen-bond donors (Lipinski definition) is 0. The summed E-state index contributed by atoms with van der Waals surface area (Å²) in [6.45, 7) is 8.28. The summed E-state index contributed by atoms with van der Waals surface area (Å²) in [7, 11) is 0. The van der Waals surface area contributed by atoms with E-state index in [-0.39, 0.29) is 12.3 Å². The molecule has 1 heterocycles. The van der Waals surface area contributed by atoms with Gasteiger partial charge in [0, 0.05) is 11.3 Å². The highest BCUT2D eigenvalue weighted by Gasteiger charge is 2.10. The number of benzene rings is 1. The maximum absolute atomic E-state index is 12.3. The van der Waals surface area contributed by atoms with E-state index < -0.39 is 0 Å². The first-order valence-corrected chi connectivity index (χ1v) is 7.58. The van der Waals surface area contributed by atoms with Crippen LogP contribution in [0.1, 0.15) is 47.1 Å². The summed E-state index contributed by atoms with van der Waals surface area (Å²) in [6, 6.07) is 9.94. The lowest BCUT2D eigenvalue weighted by Gasteiger charge is -2.06. The fourth-order valence-electron chi connectivity index (χ4n) is 2.40. The van der Waals surface area contributed by atoms with Crippen molar-refractivity contribution < 1.29 is 4.79 Å². The van der Waals surface area contributed by atoms with Gasteiger partial charge in [-0.05, 0) is 44.7 Å². The van der Waals surface area contributed by atoms with Crippen LogP contribution in [0.2, 0.25) is 0 Å². The molecular formula is C18H23N2O. The van der Waals surface area contributed by atoms with Gasteiger partial charge in [-0.3, -0.25) is 9.48 Å². The minimum absolute atomic E-state index is 0.0924. The minimum atomic E-state index is 0.0924. The highest BCUT2D eigenvalue weighted by Crippen LogP contribution is 2.11. The molecule has 1 radical (unpaired) electrons. The first-order chi connectivity index (χ1) is 10.1. The topological polar surface area (TPSA) is 34.9 Å². The van der Waals surface area contributed by atoms with Gasteiger partial charge in [0.1, 0.15) is 6.54 Å². The second kappa shape index (κ2) is 7.21. The molecule has 0 spiro atoms. The first kappa shape index (κ1) is 15.5. The standard InChI is InChI=1S/C18H23N2O/c1-4-6-7-15-8-10-16(11-9-15)18(21)13-20-17(5-2)12-14(3)19-20/h8-12H,2,4-7,13H2,1,3H3. The zero-order chi connectivity index (χ0) is 15.2. The highest BCUT2D eigenvalue weighted by atomic mass is 16.1. The largest absolute Gasteiger partial charge is 0.292 e. The summed E-state index contributed by atoms with van der Waals surface area (Å²) < 4.78 is 1.76. The van der Waals surface area contributed by atoms with Gasteiger partial charge in [0.15, 0.2) is 5.78 Å². The molecule has 0 bridgehead atoms. The van der Waals surface area contributed by atoms with E-state index in [9.17, 15) is 4.79 Å². The van der Waals surface area contributed by atoms with Crippen molar-refractivity contribution in [3.63, 3.8) is 0 Å². The molecule has 0 atom stereocenters. The van der Waals surface area contributed by atoms with Crippen molar-refractivity contribution in [1.82, 2.24) is 9.78 Å². The highest BCUT2D eigenvalue weighted by molar-refractivity contribution is 5.95. The van der Waals surface area contributed by atoms with Gasteiger partial charge < -0.3 is 0 Å². The number of nitrogens with zero attached hydrogens (tertiary/aromatic N) is 2. The number of carbonyl (C=O) groups is 1. The SMILES string of the molecule is [CH2]Cc1cc(C)nn1CC(=O)c1ccc(CCCC)cc1. The minimum Gasteiger partial charge on any atom is -0.292 e. The van der Waals surface area contributed by atoms with Crippen LogP contribution in [0.3, 0.4) is 0 Å². The third-order valence-corrected chi connectivity index (χ3v) is 3.63. The van der Waals surface area contributed by atoms with E-state index in [0.29, 0.717) is 6.42 Å². The van der Waals surface area contributed by atoms with Crippen LogP contribution in [0.4, 0.5) is 0 Å². The van der Waals surface area contributed by atoms with Crippen molar-refractivity contribution in [3.8, 4) is 0 Å². The predicted molar refractivity (Wildman–Crippen MR) is 85.4 cm³/mol. The van der Waals surface area contributed by atoms with Gasteiger partial charge in [-0.25, -0.2) is 0 Å². The molecule has 0 saturated heterocycles. The van der Waals surface area contributed by atoms with E-state index in [0.717, 1.165) is 23.4 Å². The Kier molecular flexibility index (Phi) is 5.32. The van der Waals surface area contributed by atoms with Crippen molar-refractivity contribution in [3.05, 3.63) is 59.8 Å². The maximum atomic E-state index is 12.3. The van der Waals surface area contributed by atoms with Gasteiger partial charge in [-0.15, -0.1) is 0 Å². The lowest BCUT2D eigenvalue weighted by molar-refractivity contribution is 0.0966. The van der Waals surface area contributed by atoms with Crippen LogP contribution < -0.4 is 0 Å². The van der Waals surface area contributed by atoms with Crippen LogP contribution in [0.5, 0.6) is 0 Å². The first-order valence-electron chi connectivity index (χ1n) is 7.58. The van der Waals surface area contributed by atoms with Crippen molar-refractivity contribution in [2.24, 2.45) is 0 Å². The monoisotopic (exact) mass is 283 g/mol. The Morgan fingerprint density at radius 1 is 1.29 bits per heavy atom. The number of aryl methyl sites for hydroxylation is 2. The zero-order valence-electron chi connectivity index (χ0n) is 12.9. The molecule has 1 aromatic heterocycles. The molecule has 2 rings (SSSR count).